The summed E-state index contributed by atoms with van der Waals surface area (Å²) in [5.74, 6) is -0.812. The standard InChI is InChI=1S/C19H18FN3O2S/c20-13-5-3-12(4-6-13)19-22-16-17(25)14(11-15(24)18(16)26-19)21-7-10-23-8-1-2-9-23/h3-6,11,21H,1-2,7-10H2. The lowest BCUT2D eigenvalue weighted by atomic mass is 10.0. The van der Waals surface area contributed by atoms with Crippen LogP contribution in [0.1, 0.15) is 33.0 Å². The smallest absolute Gasteiger partial charge is 0.228 e. The normalized spacial score (nSPS) is 17.3. The predicted molar refractivity (Wildman–Crippen MR) is 97.9 cm³/mol. The molecule has 1 fully saturated rings. The van der Waals surface area contributed by atoms with Crippen molar-refractivity contribution in [2.45, 2.75) is 12.8 Å². The number of rotatable bonds is 5. The Balaban J connectivity index is 1.50. The Morgan fingerprint density at radius 2 is 1.88 bits per heavy atom. The van der Waals surface area contributed by atoms with E-state index in [0.717, 1.165) is 19.6 Å². The molecule has 26 heavy (non-hydrogen) atoms. The van der Waals surface area contributed by atoms with Gasteiger partial charge >= 0.3 is 0 Å². The van der Waals surface area contributed by atoms with E-state index in [-0.39, 0.29) is 23.1 Å². The zero-order valence-corrected chi connectivity index (χ0v) is 14.9. The van der Waals surface area contributed by atoms with Gasteiger partial charge in [0.1, 0.15) is 21.4 Å². The number of fused-ring (bicyclic) bond motifs is 1. The number of nitrogens with zero attached hydrogens (tertiary/aromatic N) is 2. The number of aromatic nitrogens is 1. The molecule has 0 unspecified atom stereocenters. The van der Waals surface area contributed by atoms with Crippen LogP contribution >= 0.6 is 11.3 Å². The van der Waals surface area contributed by atoms with Crippen LogP contribution in [0.4, 0.5) is 4.39 Å². The van der Waals surface area contributed by atoms with Crippen LogP contribution < -0.4 is 5.32 Å². The Bertz CT molecular complexity index is 883. The lowest BCUT2D eigenvalue weighted by molar-refractivity contribution is 0.0977. The number of hydrogen-bond acceptors (Lipinski definition) is 6. The number of thiazole rings is 1. The summed E-state index contributed by atoms with van der Waals surface area (Å²) in [6, 6.07) is 5.86. The molecule has 7 heteroatoms. The molecule has 134 valence electrons. The minimum Gasteiger partial charge on any atom is -0.380 e. The van der Waals surface area contributed by atoms with Gasteiger partial charge in [-0.15, -0.1) is 11.3 Å². The molecule has 1 saturated heterocycles. The predicted octanol–water partition coefficient (Wildman–Crippen LogP) is 2.90. The van der Waals surface area contributed by atoms with Gasteiger partial charge in [0.15, 0.2) is 5.78 Å². The second-order valence-electron chi connectivity index (χ2n) is 6.43. The largest absolute Gasteiger partial charge is 0.380 e. The summed E-state index contributed by atoms with van der Waals surface area (Å²) >= 11 is 1.17. The van der Waals surface area contributed by atoms with Crippen LogP contribution in [0.3, 0.4) is 0 Å². The summed E-state index contributed by atoms with van der Waals surface area (Å²) in [4.78, 5) is 32.1. The van der Waals surface area contributed by atoms with Crippen LogP contribution in [0.5, 0.6) is 0 Å². The number of allylic oxidation sites excluding steroid dienone is 2. The minimum atomic E-state index is -0.339. The maximum atomic E-state index is 13.1. The molecule has 0 bridgehead atoms. The van der Waals surface area contributed by atoms with Gasteiger partial charge in [-0.2, -0.15) is 0 Å². The summed E-state index contributed by atoms with van der Waals surface area (Å²) in [6.45, 7) is 3.65. The molecule has 1 aromatic carbocycles. The van der Waals surface area contributed by atoms with Gasteiger partial charge < -0.3 is 10.2 Å². The summed E-state index contributed by atoms with van der Waals surface area (Å²) in [5.41, 5.74) is 1.18. The number of nitrogens with one attached hydrogen (secondary N) is 1. The van der Waals surface area contributed by atoms with Gasteiger partial charge in [0.2, 0.25) is 5.78 Å². The van der Waals surface area contributed by atoms with Crippen molar-refractivity contribution in [3.05, 3.63) is 52.4 Å². The maximum Gasteiger partial charge on any atom is 0.228 e. The summed E-state index contributed by atoms with van der Waals surface area (Å²) in [6.07, 6.45) is 3.80. The highest BCUT2D eigenvalue weighted by Crippen LogP contribution is 2.32. The SMILES string of the molecule is O=C1C(NCCN2CCCC2)=CC(=O)c2sc(-c3ccc(F)cc3)nc21. The highest BCUT2D eigenvalue weighted by molar-refractivity contribution is 7.17. The molecule has 1 aliphatic carbocycles. The van der Waals surface area contributed by atoms with Crippen LogP contribution in [0.15, 0.2) is 36.0 Å². The lowest BCUT2D eigenvalue weighted by Gasteiger charge is -2.17. The van der Waals surface area contributed by atoms with Crippen LogP contribution in [0.2, 0.25) is 0 Å². The van der Waals surface area contributed by atoms with Gasteiger partial charge in [0.25, 0.3) is 0 Å². The third kappa shape index (κ3) is 3.32. The van der Waals surface area contributed by atoms with E-state index in [1.165, 1.54) is 42.4 Å². The van der Waals surface area contributed by atoms with Crippen molar-refractivity contribution in [2.75, 3.05) is 26.2 Å². The first-order chi connectivity index (χ1) is 12.6. The van der Waals surface area contributed by atoms with E-state index in [0.29, 0.717) is 27.7 Å². The van der Waals surface area contributed by atoms with Crippen LogP contribution in [0.25, 0.3) is 10.6 Å². The van der Waals surface area contributed by atoms with Gasteiger partial charge in [-0.1, -0.05) is 0 Å². The molecule has 0 saturated carbocycles. The van der Waals surface area contributed by atoms with Gasteiger partial charge in [-0.25, -0.2) is 9.37 Å². The zero-order chi connectivity index (χ0) is 18.1. The molecule has 0 atom stereocenters. The van der Waals surface area contributed by atoms with Crippen molar-refractivity contribution in [2.24, 2.45) is 0 Å². The fraction of sp³-hybridized carbons (Fsp3) is 0.316. The molecule has 1 aromatic heterocycles. The molecule has 0 spiro atoms. The molecule has 2 aromatic rings. The fourth-order valence-electron chi connectivity index (χ4n) is 3.23. The van der Waals surface area contributed by atoms with E-state index < -0.39 is 0 Å². The molecular weight excluding hydrogens is 353 g/mol. The number of benzene rings is 1. The Morgan fingerprint density at radius 1 is 1.15 bits per heavy atom. The molecular formula is C19H18FN3O2S. The fourth-order valence-corrected chi connectivity index (χ4v) is 4.21. The minimum absolute atomic E-state index is 0.186. The molecule has 2 heterocycles. The number of ketones is 2. The van der Waals surface area contributed by atoms with Crippen molar-refractivity contribution in [3.63, 3.8) is 0 Å². The van der Waals surface area contributed by atoms with Gasteiger partial charge in [-0.05, 0) is 50.2 Å². The lowest BCUT2D eigenvalue weighted by Crippen LogP contribution is -2.33. The molecule has 1 aliphatic heterocycles. The number of hydrogen-bond donors (Lipinski definition) is 1. The van der Waals surface area contributed by atoms with Crippen LogP contribution in [-0.2, 0) is 0 Å². The Hall–Kier alpha value is -2.38. The summed E-state index contributed by atoms with van der Waals surface area (Å²) < 4.78 is 13.1. The summed E-state index contributed by atoms with van der Waals surface area (Å²) in [5, 5.41) is 3.64. The second kappa shape index (κ2) is 7.09. The van der Waals surface area contributed by atoms with Crippen molar-refractivity contribution in [1.82, 2.24) is 15.2 Å². The Labute approximate surface area is 154 Å². The maximum absolute atomic E-state index is 13.1. The van der Waals surface area contributed by atoms with E-state index >= 15 is 0 Å². The number of carbonyl (C=O) groups is 2. The van der Waals surface area contributed by atoms with E-state index in [9.17, 15) is 14.0 Å². The van der Waals surface area contributed by atoms with Gasteiger partial charge in [0, 0.05) is 24.7 Å². The molecule has 2 aliphatic rings. The van der Waals surface area contributed by atoms with Crippen LogP contribution in [0, 0.1) is 5.82 Å². The van der Waals surface area contributed by atoms with E-state index in [1.54, 1.807) is 12.1 Å². The van der Waals surface area contributed by atoms with Crippen LogP contribution in [-0.4, -0.2) is 47.6 Å². The summed E-state index contributed by atoms with van der Waals surface area (Å²) in [7, 11) is 0. The van der Waals surface area contributed by atoms with Gasteiger partial charge in [0.05, 0.1) is 5.70 Å². The van der Waals surface area contributed by atoms with Crippen molar-refractivity contribution >= 4 is 22.9 Å². The second-order valence-corrected chi connectivity index (χ2v) is 7.43. The molecule has 5 nitrogen and oxygen atoms in total. The molecule has 1 N–H and O–H groups in total. The average Bonchev–Trinajstić information content (AvgIpc) is 3.30. The quantitative estimate of drug-likeness (QED) is 0.876. The topological polar surface area (TPSA) is 62.3 Å². The zero-order valence-electron chi connectivity index (χ0n) is 14.1. The van der Waals surface area contributed by atoms with Crippen molar-refractivity contribution < 1.29 is 14.0 Å². The third-order valence-electron chi connectivity index (χ3n) is 4.62. The first-order valence-electron chi connectivity index (χ1n) is 8.65. The first-order valence-corrected chi connectivity index (χ1v) is 9.47. The number of halogens is 1. The van der Waals surface area contributed by atoms with Crippen molar-refractivity contribution in [1.29, 1.82) is 0 Å². The van der Waals surface area contributed by atoms with Crippen molar-refractivity contribution in [3.8, 4) is 10.6 Å². The molecule has 4 rings (SSSR count). The average molecular weight is 371 g/mol. The van der Waals surface area contributed by atoms with E-state index in [4.69, 9.17) is 0 Å². The highest BCUT2D eigenvalue weighted by atomic mass is 32.1. The number of Topliss-reactive ketones (excluding diaryl/α,β-unsaturated/α-hetero) is 1. The monoisotopic (exact) mass is 371 g/mol. The van der Waals surface area contributed by atoms with E-state index in [1.807, 2.05) is 0 Å². The van der Waals surface area contributed by atoms with Gasteiger partial charge in [-0.3, -0.25) is 9.59 Å². The Morgan fingerprint density at radius 3 is 2.62 bits per heavy atom. The number of carbonyl (C=O) groups excluding carboxylic acids is 2. The highest BCUT2D eigenvalue weighted by Gasteiger charge is 2.30. The third-order valence-corrected chi connectivity index (χ3v) is 5.74. The molecule has 0 amide bonds. The first kappa shape index (κ1) is 17.1. The molecule has 0 radical (unpaired) electrons. The number of likely N-dealkylation sites (tertiary alicyclic amines) is 1. The van der Waals surface area contributed by atoms with E-state index in [2.05, 4.69) is 15.2 Å². The Kier molecular flexibility index (Phi) is 4.65.